The highest BCUT2D eigenvalue weighted by atomic mass is 19.1. The van der Waals surface area contributed by atoms with Gasteiger partial charge in [0.15, 0.2) is 0 Å². The summed E-state index contributed by atoms with van der Waals surface area (Å²) in [5.41, 5.74) is 5.12. The number of benzene rings is 3. The van der Waals surface area contributed by atoms with Crippen LogP contribution in [0.5, 0.6) is 5.75 Å². The van der Waals surface area contributed by atoms with Crippen molar-refractivity contribution in [2.24, 2.45) is 0 Å². The molecular formula is C21H16FN3O5. The Morgan fingerprint density at radius 2 is 1.63 bits per heavy atom. The molecule has 0 aliphatic heterocycles. The average Bonchev–Trinajstić information content (AvgIpc) is 2.77. The minimum atomic E-state index is -0.711. The standard InChI is InChI=1S/C21H16FN3O5/c22-16-10-8-14(9-11-16)13-30-19-7-2-1-6-18(19)21(27)24-23-20(26)15-4-3-5-17(12-15)25(28)29/h1-12H,13H2,(H,23,26)(H,24,27). The van der Waals surface area contributed by atoms with E-state index < -0.39 is 16.7 Å². The summed E-state index contributed by atoms with van der Waals surface area (Å²) in [7, 11) is 0. The SMILES string of the molecule is O=C(NNC(=O)c1ccccc1OCc1ccc(F)cc1)c1cccc([N+](=O)[O-])c1. The summed E-state index contributed by atoms with van der Waals surface area (Å²) >= 11 is 0. The molecule has 0 aromatic heterocycles. The maximum absolute atomic E-state index is 13.0. The second-order valence-corrected chi connectivity index (χ2v) is 6.13. The van der Waals surface area contributed by atoms with Crippen molar-refractivity contribution in [2.45, 2.75) is 6.61 Å². The minimum absolute atomic E-state index is 0.0188. The first-order chi connectivity index (χ1) is 14.4. The van der Waals surface area contributed by atoms with Crippen LogP contribution in [0.2, 0.25) is 0 Å². The fourth-order valence-corrected chi connectivity index (χ4v) is 2.54. The zero-order chi connectivity index (χ0) is 21.5. The molecule has 0 fully saturated rings. The van der Waals surface area contributed by atoms with Crippen LogP contribution >= 0.6 is 0 Å². The summed E-state index contributed by atoms with van der Waals surface area (Å²) in [6.07, 6.45) is 0. The highest BCUT2D eigenvalue weighted by molar-refractivity contribution is 6.00. The Morgan fingerprint density at radius 1 is 0.933 bits per heavy atom. The van der Waals surface area contributed by atoms with Crippen LogP contribution in [0.3, 0.4) is 0 Å². The molecule has 0 heterocycles. The van der Waals surface area contributed by atoms with Gasteiger partial charge in [-0.25, -0.2) is 4.39 Å². The number of nitrogens with zero attached hydrogens (tertiary/aromatic N) is 1. The van der Waals surface area contributed by atoms with Gasteiger partial charge in [0.25, 0.3) is 17.5 Å². The summed E-state index contributed by atoms with van der Waals surface area (Å²) in [5, 5.41) is 10.8. The second-order valence-electron chi connectivity index (χ2n) is 6.13. The molecule has 9 heteroatoms. The molecule has 2 amide bonds. The molecule has 2 N–H and O–H groups in total. The van der Waals surface area contributed by atoms with Crippen molar-refractivity contribution in [2.75, 3.05) is 0 Å². The van der Waals surface area contributed by atoms with Gasteiger partial charge < -0.3 is 4.74 Å². The quantitative estimate of drug-likeness (QED) is 0.479. The number of ether oxygens (including phenoxy) is 1. The number of para-hydroxylation sites is 1. The van der Waals surface area contributed by atoms with Crippen molar-refractivity contribution in [3.8, 4) is 5.75 Å². The molecule has 0 unspecified atom stereocenters. The molecule has 3 aromatic rings. The number of nitro benzene ring substituents is 1. The van der Waals surface area contributed by atoms with Gasteiger partial charge in [0, 0.05) is 17.7 Å². The van der Waals surface area contributed by atoms with Crippen molar-refractivity contribution in [1.82, 2.24) is 10.9 Å². The molecule has 0 radical (unpaired) electrons. The molecular weight excluding hydrogens is 393 g/mol. The number of carbonyl (C=O) groups is 2. The Balaban J connectivity index is 1.64. The lowest BCUT2D eigenvalue weighted by Gasteiger charge is -2.12. The molecule has 0 atom stereocenters. The monoisotopic (exact) mass is 409 g/mol. The number of halogens is 1. The number of amides is 2. The number of non-ortho nitro benzene ring substituents is 1. The van der Waals surface area contributed by atoms with Gasteiger partial charge in [0.1, 0.15) is 18.2 Å². The van der Waals surface area contributed by atoms with Crippen LogP contribution in [0, 0.1) is 15.9 Å². The number of hydrogen-bond donors (Lipinski definition) is 2. The lowest BCUT2D eigenvalue weighted by Crippen LogP contribution is -2.41. The third kappa shape index (κ3) is 5.16. The van der Waals surface area contributed by atoms with E-state index in [2.05, 4.69) is 10.9 Å². The van der Waals surface area contributed by atoms with Gasteiger partial charge in [-0.3, -0.25) is 30.6 Å². The summed E-state index contributed by atoms with van der Waals surface area (Å²) in [6.45, 7) is 0.116. The van der Waals surface area contributed by atoms with Gasteiger partial charge in [-0.2, -0.15) is 0 Å². The van der Waals surface area contributed by atoms with Crippen molar-refractivity contribution < 1.29 is 23.6 Å². The van der Waals surface area contributed by atoms with E-state index in [-0.39, 0.29) is 35.0 Å². The van der Waals surface area contributed by atoms with E-state index in [1.807, 2.05) is 0 Å². The van der Waals surface area contributed by atoms with Crippen LogP contribution in [-0.2, 0) is 6.61 Å². The predicted octanol–water partition coefficient (Wildman–Crippen LogP) is 3.39. The van der Waals surface area contributed by atoms with Crippen LogP contribution in [0.25, 0.3) is 0 Å². The summed E-state index contributed by atoms with van der Waals surface area (Å²) in [5.74, 6) is -1.44. The van der Waals surface area contributed by atoms with E-state index in [1.165, 1.54) is 36.4 Å². The number of nitro groups is 1. The molecule has 0 spiro atoms. The van der Waals surface area contributed by atoms with Gasteiger partial charge in [-0.05, 0) is 35.9 Å². The Bertz CT molecular complexity index is 1090. The first kappa shape index (κ1) is 20.5. The zero-order valence-corrected chi connectivity index (χ0v) is 15.5. The first-order valence-electron chi connectivity index (χ1n) is 8.75. The Labute approximate surface area is 170 Å². The molecule has 3 rings (SSSR count). The smallest absolute Gasteiger partial charge is 0.273 e. The van der Waals surface area contributed by atoms with Crippen molar-refractivity contribution in [1.29, 1.82) is 0 Å². The predicted molar refractivity (Wildman–Crippen MR) is 105 cm³/mol. The number of carbonyl (C=O) groups excluding carboxylic acids is 2. The largest absolute Gasteiger partial charge is 0.488 e. The molecule has 0 aliphatic carbocycles. The molecule has 0 bridgehead atoms. The Hall–Kier alpha value is -4.27. The third-order valence-electron chi connectivity index (χ3n) is 4.05. The highest BCUT2D eigenvalue weighted by Gasteiger charge is 2.15. The highest BCUT2D eigenvalue weighted by Crippen LogP contribution is 2.19. The molecule has 30 heavy (non-hydrogen) atoms. The van der Waals surface area contributed by atoms with Crippen LogP contribution in [0.15, 0.2) is 72.8 Å². The van der Waals surface area contributed by atoms with E-state index >= 15 is 0 Å². The van der Waals surface area contributed by atoms with E-state index in [0.29, 0.717) is 5.56 Å². The summed E-state index contributed by atoms with van der Waals surface area (Å²) < 4.78 is 18.6. The van der Waals surface area contributed by atoms with Crippen LogP contribution < -0.4 is 15.6 Å². The van der Waals surface area contributed by atoms with Crippen molar-refractivity contribution in [3.05, 3.63) is 105 Å². The fourth-order valence-electron chi connectivity index (χ4n) is 2.54. The van der Waals surface area contributed by atoms with Crippen LogP contribution in [0.4, 0.5) is 10.1 Å². The van der Waals surface area contributed by atoms with Crippen LogP contribution in [0.1, 0.15) is 26.3 Å². The van der Waals surface area contributed by atoms with E-state index in [1.54, 1.807) is 30.3 Å². The second kappa shape index (κ2) is 9.28. The van der Waals surface area contributed by atoms with E-state index in [4.69, 9.17) is 4.74 Å². The topological polar surface area (TPSA) is 111 Å². The number of hydrazine groups is 1. The Kier molecular flexibility index (Phi) is 6.33. The molecule has 0 aliphatic rings. The van der Waals surface area contributed by atoms with Crippen molar-refractivity contribution in [3.63, 3.8) is 0 Å². The van der Waals surface area contributed by atoms with Gasteiger partial charge >= 0.3 is 0 Å². The lowest BCUT2D eigenvalue weighted by atomic mass is 10.2. The number of rotatable bonds is 6. The molecule has 3 aromatic carbocycles. The number of nitrogens with one attached hydrogen (secondary N) is 2. The van der Waals surface area contributed by atoms with Gasteiger partial charge in [-0.1, -0.05) is 30.3 Å². The molecule has 152 valence electrons. The summed E-state index contributed by atoms with van der Waals surface area (Å²) in [4.78, 5) is 34.8. The zero-order valence-electron chi connectivity index (χ0n) is 15.5. The van der Waals surface area contributed by atoms with Crippen LogP contribution in [-0.4, -0.2) is 16.7 Å². The normalized spacial score (nSPS) is 10.2. The fraction of sp³-hybridized carbons (Fsp3) is 0.0476. The van der Waals surface area contributed by atoms with E-state index in [9.17, 15) is 24.1 Å². The first-order valence-corrected chi connectivity index (χ1v) is 8.75. The molecule has 0 saturated carbocycles. The van der Waals surface area contributed by atoms with Crippen molar-refractivity contribution >= 4 is 17.5 Å². The molecule has 8 nitrogen and oxygen atoms in total. The maximum Gasteiger partial charge on any atom is 0.273 e. The van der Waals surface area contributed by atoms with Gasteiger partial charge in [-0.15, -0.1) is 0 Å². The minimum Gasteiger partial charge on any atom is -0.488 e. The average molecular weight is 409 g/mol. The third-order valence-corrected chi connectivity index (χ3v) is 4.05. The molecule has 0 saturated heterocycles. The number of hydrogen-bond acceptors (Lipinski definition) is 5. The summed E-state index contributed by atoms with van der Waals surface area (Å²) in [6, 6.07) is 17.2. The van der Waals surface area contributed by atoms with Gasteiger partial charge in [0.05, 0.1) is 10.5 Å². The lowest BCUT2D eigenvalue weighted by molar-refractivity contribution is -0.384. The Morgan fingerprint density at radius 3 is 2.37 bits per heavy atom. The van der Waals surface area contributed by atoms with E-state index in [0.717, 1.165) is 6.07 Å². The maximum atomic E-state index is 13.0. The van der Waals surface area contributed by atoms with Gasteiger partial charge in [0.2, 0.25) is 0 Å².